The second-order valence-electron chi connectivity index (χ2n) is 2.11. The van der Waals surface area contributed by atoms with Gasteiger partial charge in [0.2, 0.25) is 11.8 Å². The van der Waals surface area contributed by atoms with E-state index in [0.717, 1.165) is 12.8 Å². The molecule has 1 rings (SSSR count). The average molecular weight is 126 g/mol. The van der Waals surface area contributed by atoms with Crippen LogP contribution in [0.4, 0.5) is 0 Å². The molecule has 0 atom stereocenters. The molecule has 0 aromatic carbocycles. The molecule has 1 radical (unpaired) electrons. The van der Waals surface area contributed by atoms with Crippen molar-refractivity contribution in [2.75, 3.05) is 0 Å². The Kier molecular flexibility index (Phi) is 1.82. The molecule has 0 aromatic heterocycles. The van der Waals surface area contributed by atoms with Gasteiger partial charge in [-0.2, -0.15) is 5.32 Å². The van der Waals surface area contributed by atoms with Gasteiger partial charge in [0.15, 0.2) is 0 Å². The lowest BCUT2D eigenvalue weighted by Gasteiger charge is -1.88. The first-order valence-electron chi connectivity index (χ1n) is 3.06. The van der Waals surface area contributed by atoms with Gasteiger partial charge < -0.3 is 0 Å². The average Bonchev–Trinajstić information content (AvgIpc) is 1.93. The van der Waals surface area contributed by atoms with E-state index >= 15 is 0 Å². The molecule has 1 aliphatic heterocycles. The maximum absolute atomic E-state index is 10.5. The van der Waals surface area contributed by atoms with Gasteiger partial charge in [0.25, 0.3) is 0 Å². The van der Waals surface area contributed by atoms with Gasteiger partial charge in [-0.1, -0.05) is 0 Å². The predicted octanol–water partition coefficient (Wildman–Crippen LogP) is 0.218. The number of rotatable bonds is 0. The van der Waals surface area contributed by atoms with E-state index in [4.69, 9.17) is 0 Å². The van der Waals surface area contributed by atoms with E-state index < -0.39 is 0 Å². The number of imide groups is 1. The van der Waals surface area contributed by atoms with Crippen LogP contribution >= 0.6 is 0 Å². The number of hydrogen-bond acceptors (Lipinski definition) is 2. The lowest BCUT2D eigenvalue weighted by molar-refractivity contribution is -0.129. The molecule has 0 aliphatic carbocycles. The van der Waals surface area contributed by atoms with Crippen molar-refractivity contribution in [1.29, 1.82) is 0 Å². The third-order valence-electron chi connectivity index (χ3n) is 1.28. The summed E-state index contributed by atoms with van der Waals surface area (Å²) in [6, 6.07) is 0. The first-order valence-corrected chi connectivity index (χ1v) is 3.06. The van der Waals surface area contributed by atoms with Crippen LogP contribution in [0.15, 0.2) is 0 Å². The summed E-state index contributed by atoms with van der Waals surface area (Å²) < 4.78 is 0. The topological polar surface area (TPSA) is 48.2 Å². The monoisotopic (exact) mass is 126 g/mol. The Morgan fingerprint density at radius 3 is 1.89 bits per heavy atom. The minimum absolute atomic E-state index is 0.252. The smallest absolute Gasteiger partial charge is 0.248 e. The van der Waals surface area contributed by atoms with Crippen LogP contribution in [0, 0.1) is 0 Å². The highest BCUT2D eigenvalue weighted by atomic mass is 16.2. The predicted molar refractivity (Wildman–Crippen MR) is 30.6 cm³/mol. The van der Waals surface area contributed by atoms with E-state index in [0.29, 0.717) is 12.8 Å². The Morgan fingerprint density at radius 1 is 1.00 bits per heavy atom. The fourth-order valence-electron chi connectivity index (χ4n) is 0.803. The summed E-state index contributed by atoms with van der Waals surface area (Å²) in [7, 11) is 0. The highest BCUT2D eigenvalue weighted by molar-refractivity contribution is 5.95. The first kappa shape index (κ1) is 6.26. The Morgan fingerprint density at radius 2 is 1.44 bits per heavy atom. The quantitative estimate of drug-likeness (QED) is 0.436. The second-order valence-corrected chi connectivity index (χ2v) is 2.11. The largest absolute Gasteiger partial charge is 0.273 e. The van der Waals surface area contributed by atoms with Crippen LogP contribution in [0.5, 0.6) is 0 Å². The van der Waals surface area contributed by atoms with Gasteiger partial charge in [0, 0.05) is 12.8 Å². The number of amides is 2. The summed E-state index contributed by atoms with van der Waals surface area (Å²) in [5, 5.41) is 3.30. The van der Waals surface area contributed by atoms with Gasteiger partial charge in [-0.3, -0.25) is 9.59 Å². The number of nitrogens with zero attached hydrogens (tertiary/aromatic N) is 1. The van der Waals surface area contributed by atoms with Crippen LogP contribution < -0.4 is 5.32 Å². The van der Waals surface area contributed by atoms with Crippen molar-refractivity contribution in [3.8, 4) is 0 Å². The minimum Gasteiger partial charge on any atom is -0.273 e. The molecule has 1 fully saturated rings. The molecule has 3 nitrogen and oxygen atoms in total. The third kappa shape index (κ3) is 1.83. The van der Waals surface area contributed by atoms with Crippen LogP contribution in [-0.4, -0.2) is 11.8 Å². The van der Waals surface area contributed by atoms with Crippen molar-refractivity contribution in [1.82, 2.24) is 5.32 Å². The summed E-state index contributed by atoms with van der Waals surface area (Å²) in [5.41, 5.74) is 0. The molecule has 0 spiro atoms. The summed E-state index contributed by atoms with van der Waals surface area (Å²) in [6.07, 6.45) is 2.53. The number of hydrogen-bond donors (Lipinski definition) is 0. The second kappa shape index (κ2) is 2.62. The maximum Gasteiger partial charge on any atom is 0.248 e. The van der Waals surface area contributed by atoms with Crippen molar-refractivity contribution in [2.45, 2.75) is 25.7 Å². The standard InChI is InChI=1S/C6H8NO2/c8-5-3-1-2-4-6(9)7-5/h1-4H2. The minimum atomic E-state index is -0.252. The Labute approximate surface area is 53.4 Å². The molecule has 1 saturated heterocycles. The lowest BCUT2D eigenvalue weighted by atomic mass is 10.2. The van der Waals surface area contributed by atoms with Crippen LogP contribution in [-0.2, 0) is 9.59 Å². The number of carbonyl (C=O) groups is 2. The summed E-state index contributed by atoms with van der Waals surface area (Å²) >= 11 is 0. The maximum atomic E-state index is 10.5. The van der Waals surface area contributed by atoms with Gasteiger partial charge in [-0.25, -0.2) is 0 Å². The molecule has 1 heterocycles. The molecule has 0 N–H and O–H groups in total. The van der Waals surface area contributed by atoms with Crippen molar-refractivity contribution in [3.63, 3.8) is 0 Å². The SMILES string of the molecule is O=C1CCCCC(=O)[N]1. The fourth-order valence-corrected chi connectivity index (χ4v) is 0.803. The summed E-state index contributed by atoms with van der Waals surface area (Å²) in [4.78, 5) is 21.0. The van der Waals surface area contributed by atoms with Crippen molar-refractivity contribution >= 4 is 11.8 Å². The first-order chi connectivity index (χ1) is 4.29. The molecule has 0 unspecified atom stereocenters. The van der Waals surface area contributed by atoms with Crippen molar-refractivity contribution < 1.29 is 9.59 Å². The molecule has 9 heavy (non-hydrogen) atoms. The van der Waals surface area contributed by atoms with E-state index in [1.54, 1.807) is 0 Å². The summed E-state index contributed by atoms with van der Waals surface area (Å²) in [6.45, 7) is 0. The van der Waals surface area contributed by atoms with Crippen LogP contribution in [0.2, 0.25) is 0 Å². The third-order valence-corrected chi connectivity index (χ3v) is 1.28. The molecule has 0 saturated carbocycles. The van der Waals surface area contributed by atoms with E-state index in [2.05, 4.69) is 5.32 Å². The molecular formula is C6H8NO2. The molecule has 49 valence electrons. The molecule has 0 aromatic rings. The Balaban J connectivity index is 2.47. The van der Waals surface area contributed by atoms with Gasteiger partial charge in [0.05, 0.1) is 0 Å². The van der Waals surface area contributed by atoms with Gasteiger partial charge >= 0.3 is 0 Å². The van der Waals surface area contributed by atoms with Gasteiger partial charge in [0.1, 0.15) is 0 Å². The fraction of sp³-hybridized carbons (Fsp3) is 0.667. The van der Waals surface area contributed by atoms with Crippen LogP contribution in [0.25, 0.3) is 0 Å². The van der Waals surface area contributed by atoms with Crippen molar-refractivity contribution in [3.05, 3.63) is 0 Å². The van der Waals surface area contributed by atoms with Crippen LogP contribution in [0.1, 0.15) is 25.7 Å². The van der Waals surface area contributed by atoms with E-state index in [-0.39, 0.29) is 11.8 Å². The highest BCUT2D eigenvalue weighted by Crippen LogP contribution is 2.04. The van der Waals surface area contributed by atoms with Gasteiger partial charge in [-0.15, -0.1) is 0 Å². The van der Waals surface area contributed by atoms with Crippen LogP contribution in [0.3, 0.4) is 0 Å². The summed E-state index contributed by atoms with van der Waals surface area (Å²) in [5.74, 6) is -0.505. The zero-order valence-electron chi connectivity index (χ0n) is 5.09. The normalized spacial score (nSPS) is 20.9. The van der Waals surface area contributed by atoms with Crippen molar-refractivity contribution in [2.24, 2.45) is 0 Å². The number of carbonyl (C=O) groups excluding carboxylic acids is 2. The Bertz CT molecular complexity index is 126. The molecule has 3 heteroatoms. The highest BCUT2D eigenvalue weighted by Gasteiger charge is 2.13. The zero-order chi connectivity index (χ0) is 6.69. The van der Waals surface area contributed by atoms with E-state index in [1.807, 2.05) is 0 Å². The molecule has 2 amide bonds. The molecule has 1 aliphatic rings. The lowest BCUT2D eigenvalue weighted by Crippen LogP contribution is -2.19. The van der Waals surface area contributed by atoms with E-state index in [1.165, 1.54) is 0 Å². The zero-order valence-corrected chi connectivity index (χ0v) is 5.09. The molecule has 0 bridgehead atoms. The van der Waals surface area contributed by atoms with Gasteiger partial charge in [-0.05, 0) is 12.8 Å². The molecular weight excluding hydrogens is 118 g/mol. The Hall–Kier alpha value is -0.860. The van der Waals surface area contributed by atoms with E-state index in [9.17, 15) is 9.59 Å².